The number of hydrogen-bond acceptors (Lipinski definition) is 6. The number of hydrogen-bond donors (Lipinski definition) is 1. The zero-order valence-electron chi connectivity index (χ0n) is 14.4. The molecule has 1 heterocycles. The molecule has 2 aromatic rings. The fraction of sp³-hybridized carbons (Fsp3) is 0.471. The Morgan fingerprint density at radius 3 is 2.71 bits per heavy atom. The molecule has 1 aromatic heterocycles. The van der Waals surface area contributed by atoms with E-state index in [1.165, 1.54) is 0 Å². The molecule has 0 unspecified atom stereocenters. The lowest BCUT2D eigenvalue weighted by Gasteiger charge is -2.19. The van der Waals surface area contributed by atoms with Gasteiger partial charge in [-0.2, -0.15) is 0 Å². The van der Waals surface area contributed by atoms with Crippen LogP contribution in [0.2, 0.25) is 0 Å². The minimum atomic E-state index is -0.193. The summed E-state index contributed by atoms with van der Waals surface area (Å²) in [5.74, 6) is 0.482. The highest BCUT2D eigenvalue weighted by molar-refractivity contribution is 7.08. The number of likely N-dealkylation sites (N-methyl/N-ethyl adjacent to an activating group) is 1. The number of rotatable bonds is 9. The van der Waals surface area contributed by atoms with Crippen molar-refractivity contribution >= 4 is 23.1 Å². The third-order valence-corrected chi connectivity index (χ3v) is 4.56. The van der Waals surface area contributed by atoms with Crippen molar-refractivity contribution in [1.29, 1.82) is 0 Å². The van der Waals surface area contributed by atoms with E-state index < -0.39 is 0 Å². The van der Waals surface area contributed by atoms with Crippen molar-refractivity contribution < 1.29 is 9.53 Å². The van der Waals surface area contributed by atoms with E-state index in [1.54, 1.807) is 0 Å². The molecule has 2 rings (SSSR count). The van der Waals surface area contributed by atoms with Gasteiger partial charge in [0.2, 0.25) is 0 Å². The van der Waals surface area contributed by atoms with Gasteiger partial charge in [0.25, 0.3) is 5.91 Å². The minimum Gasteiger partial charge on any atom is -0.490 e. The second-order valence-corrected chi connectivity index (χ2v) is 5.98. The number of para-hydroxylation sites is 2. The second kappa shape index (κ2) is 9.34. The molecule has 0 radical (unpaired) electrons. The zero-order chi connectivity index (χ0) is 17.4. The summed E-state index contributed by atoms with van der Waals surface area (Å²) in [6.45, 7) is 9.65. The summed E-state index contributed by atoms with van der Waals surface area (Å²) >= 11 is 1.11. The van der Waals surface area contributed by atoms with E-state index in [0.29, 0.717) is 29.3 Å². The number of carbonyl (C=O) groups excluding carboxylic acids is 1. The van der Waals surface area contributed by atoms with Gasteiger partial charge in [0.1, 0.15) is 17.2 Å². The Labute approximate surface area is 147 Å². The maximum Gasteiger partial charge on any atom is 0.269 e. The quantitative estimate of drug-likeness (QED) is 0.754. The van der Waals surface area contributed by atoms with Gasteiger partial charge < -0.3 is 15.0 Å². The van der Waals surface area contributed by atoms with Crippen LogP contribution in [0.4, 0.5) is 5.69 Å². The van der Waals surface area contributed by atoms with Crippen LogP contribution in [0.3, 0.4) is 0 Å². The molecule has 130 valence electrons. The van der Waals surface area contributed by atoms with Gasteiger partial charge in [0.05, 0.1) is 11.4 Å². The predicted octanol–water partition coefficient (Wildman–Crippen LogP) is 3.07. The lowest BCUT2D eigenvalue weighted by molar-refractivity contribution is 0.102. The molecule has 1 N–H and O–H groups in total. The molecule has 6 nitrogen and oxygen atoms in total. The Bertz CT molecular complexity index is 656. The highest BCUT2D eigenvalue weighted by atomic mass is 32.1. The van der Waals surface area contributed by atoms with Gasteiger partial charge in [-0.1, -0.05) is 37.4 Å². The number of benzene rings is 1. The minimum absolute atomic E-state index is 0.193. The second-order valence-electron chi connectivity index (χ2n) is 5.23. The first-order valence-corrected chi connectivity index (χ1v) is 9.03. The fourth-order valence-corrected chi connectivity index (χ4v) is 2.96. The Kier molecular flexibility index (Phi) is 7.14. The summed E-state index contributed by atoms with van der Waals surface area (Å²) in [4.78, 5) is 15.3. The summed E-state index contributed by atoms with van der Waals surface area (Å²) in [5, 5.41) is 6.89. The van der Waals surface area contributed by atoms with Crippen LogP contribution < -0.4 is 10.1 Å². The van der Waals surface area contributed by atoms with Crippen LogP contribution in [-0.4, -0.2) is 46.6 Å². The molecule has 0 aliphatic heterocycles. The van der Waals surface area contributed by atoms with E-state index >= 15 is 0 Å². The van der Waals surface area contributed by atoms with E-state index in [1.807, 2.05) is 31.2 Å². The topological polar surface area (TPSA) is 67.3 Å². The number of anilines is 1. The summed E-state index contributed by atoms with van der Waals surface area (Å²) in [6.07, 6.45) is 0.682. The summed E-state index contributed by atoms with van der Waals surface area (Å²) in [5.41, 5.74) is 1.38. The fourth-order valence-electron chi connectivity index (χ4n) is 2.31. The Balaban J connectivity index is 2.02. The average Bonchev–Trinajstić information content (AvgIpc) is 3.09. The number of aromatic nitrogens is 2. The van der Waals surface area contributed by atoms with Crippen LogP contribution in [0, 0.1) is 0 Å². The molecule has 1 amide bonds. The van der Waals surface area contributed by atoms with E-state index in [-0.39, 0.29) is 5.91 Å². The number of nitrogens with one attached hydrogen (secondary N) is 1. The molecule has 0 saturated carbocycles. The summed E-state index contributed by atoms with van der Waals surface area (Å²) < 4.78 is 9.72. The molecular weight excluding hydrogens is 324 g/mol. The van der Waals surface area contributed by atoms with Gasteiger partial charge in [-0.25, -0.2) is 0 Å². The molecule has 0 aliphatic carbocycles. The zero-order valence-corrected chi connectivity index (χ0v) is 15.2. The molecule has 1 aromatic carbocycles. The molecule has 24 heavy (non-hydrogen) atoms. The van der Waals surface area contributed by atoms with Crippen LogP contribution in [0.5, 0.6) is 5.75 Å². The molecule has 0 fully saturated rings. The number of amides is 1. The summed E-state index contributed by atoms with van der Waals surface area (Å²) in [7, 11) is 0. The maximum atomic E-state index is 12.4. The molecule has 0 atom stereocenters. The Hall–Kier alpha value is -1.99. The van der Waals surface area contributed by atoms with Crippen LogP contribution in [0.15, 0.2) is 24.3 Å². The van der Waals surface area contributed by atoms with E-state index in [2.05, 4.69) is 33.7 Å². The van der Waals surface area contributed by atoms with E-state index in [0.717, 1.165) is 36.9 Å². The van der Waals surface area contributed by atoms with Gasteiger partial charge in [-0.05, 0) is 43.2 Å². The lowest BCUT2D eigenvalue weighted by atomic mass is 10.2. The number of nitrogens with zero attached hydrogens (tertiary/aromatic N) is 3. The molecular formula is C17H24N4O2S. The van der Waals surface area contributed by atoms with Gasteiger partial charge >= 0.3 is 0 Å². The van der Waals surface area contributed by atoms with Gasteiger partial charge in [0, 0.05) is 6.54 Å². The van der Waals surface area contributed by atoms with E-state index in [9.17, 15) is 4.79 Å². The standard InChI is InChI=1S/C17H24N4O2S/c1-4-13-16(24-20-19-13)17(22)18-14-9-7-8-10-15(14)23-12-11-21(5-2)6-3/h7-10H,4-6,11-12H2,1-3H3,(H,18,22). The first-order chi connectivity index (χ1) is 11.7. The van der Waals surface area contributed by atoms with Gasteiger partial charge in [-0.15, -0.1) is 5.10 Å². The van der Waals surface area contributed by atoms with Crippen molar-refractivity contribution in [1.82, 2.24) is 14.5 Å². The van der Waals surface area contributed by atoms with Gasteiger partial charge in [-0.3, -0.25) is 4.79 Å². The third kappa shape index (κ3) is 4.75. The highest BCUT2D eigenvalue weighted by Gasteiger charge is 2.16. The van der Waals surface area contributed by atoms with Crippen molar-refractivity contribution in [2.45, 2.75) is 27.2 Å². The van der Waals surface area contributed by atoms with Crippen LogP contribution in [0.25, 0.3) is 0 Å². The molecule has 0 saturated heterocycles. The monoisotopic (exact) mass is 348 g/mol. The largest absolute Gasteiger partial charge is 0.490 e. The summed E-state index contributed by atoms with van der Waals surface area (Å²) in [6, 6.07) is 7.47. The molecule has 0 aliphatic rings. The molecule has 0 bridgehead atoms. The van der Waals surface area contributed by atoms with Crippen LogP contribution in [0.1, 0.15) is 36.1 Å². The van der Waals surface area contributed by atoms with Crippen molar-refractivity contribution in [3.8, 4) is 5.75 Å². The maximum absolute atomic E-state index is 12.4. The molecule has 0 spiro atoms. The lowest BCUT2D eigenvalue weighted by Crippen LogP contribution is -2.28. The number of carbonyl (C=O) groups is 1. The van der Waals surface area contributed by atoms with Crippen LogP contribution >= 0.6 is 11.5 Å². The van der Waals surface area contributed by atoms with Crippen molar-refractivity contribution in [3.05, 3.63) is 34.8 Å². The highest BCUT2D eigenvalue weighted by Crippen LogP contribution is 2.25. The number of ether oxygens (including phenoxy) is 1. The number of aryl methyl sites for hydroxylation is 1. The smallest absolute Gasteiger partial charge is 0.269 e. The average molecular weight is 348 g/mol. The third-order valence-electron chi connectivity index (χ3n) is 3.79. The van der Waals surface area contributed by atoms with Gasteiger partial charge in [0.15, 0.2) is 0 Å². The van der Waals surface area contributed by atoms with Crippen molar-refractivity contribution in [2.24, 2.45) is 0 Å². The Morgan fingerprint density at radius 1 is 1.25 bits per heavy atom. The van der Waals surface area contributed by atoms with Crippen molar-refractivity contribution in [2.75, 3.05) is 31.6 Å². The first-order valence-electron chi connectivity index (χ1n) is 8.26. The predicted molar refractivity (Wildman–Crippen MR) is 97.0 cm³/mol. The Morgan fingerprint density at radius 2 is 2.00 bits per heavy atom. The van der Waals surface area contributed by atoms with E-state index in [4.69, 9.17) is 4.74 Å². The molecule has 7 heteroatoms. The SMILES string of the molecule is CCc1nnsc1C(=O)Nc1ccccc1OCCN(CC)CC. The first kappa shape index (κ1) is 18.4. The van der Waals surface area contributed by atoms with Crippen molar-refractivity contribution in [3.63, 3.8) is 0 Å². The normalized spacial score (nSPS) is 10.8. The van der Waals surface area contributed by atoms with Crippen LogP contribution in [-0.2, 0) is 6.42 Å².